The molecule has 1 aromatic heterocycles. The van der Waals surface area contributed by atoms with E-state index in [1.54, 1.807) is 7.11 Å². The molecule has 4 nitrogen and oxygen atoms in total. The number of nitrogens with one attached hydrogen (secondary N) is 1. The van der Waals surface area contributed by atoms with E-state index in [4.69, 9.17) is 21.1 Å². The van der Waals surface area contributed by atoms with Gasteiger partial charge in [-0.2, -0.15) is 0 Å². The highest BCUT2D eigenvalue weighted by Gasteiger charge is 2.27. The lowest BCUT2D eigenvalue weighted by Crippen LogP contribution is -2.31. The molecule has 156 valence electrons. The van der Waals surface area contributed by atoms with Crippen LogP contribution in [0.25, 0.3) is 21.2 Å². The first kappa shape index (κ1) is 19.9. The summed E-state index contributed by atoms with van der Waals surface area (Å²) < 4.78 is 12.4. The fourth-order valence-electron chi connectivity index (χ4n) is 4.05. The van der Waals surface area contributed by atoms with Crippen molar-refractivity contribution >= 4 is 38.9 Å². The van der Waals surface area contributed by atoms with Gasteiger partial charge in [-0.05, 0) is 35.4 Å². The Morgan fingerprint density at radius 1 is 1.13 bits per heavy atom. The van der Waals surface area contributed by atoms with Crippen molar-refractivity contribution in [1.82, 2.24) is 5.32 Å². The van der Waals surface area contributed by atoms with Crippen molar-refractivity contribution in [2.75, 3.05) is 13.7 Å². The molecule has 1 atom stereocenters. The third-order valence-electron chi connectivity index (χ3n) is 5.48. The quantitative estimate of drug-likeness (QED) is 0.387. The van der Waals surface area contributed by atoms with Crippen LogP contribution >= 0.6 is 22.9 Å². The molecular formula is C25H20ClNO3S. The lowest BCUT2D eigenvalue weighted by Gasteiger charge is -2.26. The van der Waals surface area contributed by atoms with Gasteiger partial charge in [0.15, 0.2) is 0 Å². The highest BCUT2D eigenvalue weighted by atomic mass is 35.5. The van der Waals surface area contributed by atoms with Gasteiger partial charge in [-0.25, -0.2) is 0 Å². The van der Waals surface area contributed by atoms with E-state index in [0.29, 0.717) is 22.3 Å². The number of amides is 1. The van der Waals surface area contributed by atoms with Crippen LogP contribution in [0, 0.1) is 0 Å². The largest absolute Gasteiger partial charge is 0.494 e. The number of carbonyl (C=O) groups is 1. The number of para-hydroxylation sites is 1. The molecule has 1 amide bonds. The molecule has 1 N–H and O–H groups in total. The van der Waals surface area contributed by atoms with Crippen LogP contribution < -0.4 is 14.8 Å². The maximum Gasteiger partial charge on any atom is 0.265 e. The Hall–Kier alpha value is -3.02. The SMILES string of the molecule is COc1c(C(=O)N[C@H]2CCOc3ccccc32)sc2c(-c3cccc(Cl)c3)cccc12. The molecule has 2 heterocycles. The van der Waals surface area contributed by atoms with E-state index in [-0.39, 0.29) is 11.9 Å². The molecule has 6 heteroatoms. The van der Waals surface area contributed by atoms with Crippen LogP contribution in [0.2, 0.25) is 5.02 Å². The topological polar surface area (TPSA) is 47.6 Å². The smallest absolute Gasteiger partial charge is 0.265 e. The maximum absolute atomic E-state index is 13.3. The van der Waals surface area contributed by atoms with Crippen LogP contribution in [-0.2, 0) is 0 Å². The summed E-state index contributed by atoms with van der Waals surface area (Å²) in [5, 5.41) is 4.78. The summed E-state index contributed by atoms with van der Waals surface area (Å²) in [6, 6.07) is 21.5. The minimum absolute atomic E-state index is 0.0974. The van der Waals surface area contributed by atoms with E-state index >= 15 is 0 Å². The van der Waals surface area contributed by atoms with Gasteiger partial charge in [0.2, 0.25) is 0 Å². The number of carbonyl (C=O) groups excluding carboxylic acids is 1. The minimum atomic E-state index is -0.142. The summed E-state index contributed by atoms with van der Waals surface area (Å²) in [6.07, 6.45) is 0.726. The van der Waals surface area contributed by atoms with Gasteiger partial charge in [0.1, 0.15) is 16.4 Å². The number of fused-ring (bicyclic) bond motifs is 2. The molecule has 3 aromatic carbocycles. The number of halogens is 1. The summed E-state index contributed by atoms with van der Waals surface area (Å²) in [4.78, 5) is 13.9. The van der Waals surface area contributed by atoms with E-state index in [2.05, 4.69) is 5.32 Å². The highest BCUT2D eigenvalue weighted by Crippen LogP contribution is 2.43. The molecule has 4 aromatic rings. The number of methoxy groups -OCH3 is 1. The summed E-state index contributed by atoms with van der Waals surface area (Å²) >= 11 is 7.66. The zero-order valence-corrected chi connectivity index (χ0v) is 18.4. The van der Waals surface area contributed by atoms with Crippen LogP contribution in [0.5, 0.6) is 11.5 Å². The standard InChI is InChI=1S/C25H20ClNO3S/c1-29-22-19-10-5-9-17(15-6-4-7-16(26)14-15)23(19)31-24(22)25(28)27-20-12-13-30-21-11-3-2-8-18(20)21/h2-11,14,20H,12-13H2,1H3,(H,27,28)/t20-/m0/s1. The van der Waals surface area contributed by atoms with Crippen molar-refractivity contribution in [3.8, 4) is 22.6 Å². The van der Waals surface area contributed by atoms with Crippen molar-refractivity contribution in [1.29, 1.82) is 0 Å². The molecule has 0 bridgehead atoms. The summed E-state index contributed by atoms with van der Waals surface area (Å²) in [5.41, 5.74) is 3.04. The van der Waals surface area contributed by atoms with E-state index in [1.165, 1.54) is 11.3 Å². The molecule has 1 aliphatic rings. The second-order valence-corrected chi connectivity index (χ2v) is 8.82. The number of hydrogen-bond acceptors (Lipinski definition) is 4. The Kier molecular flexibility index (Phi) is 5.30. The number of ether oxygens (including phenoxy) is 2. The normalized spacial score (nSPS) is 15.2. The number of hydrogen-bond donors (Lipinski definition) is 1. The van der Waals surface area contributed by atoms with Crippen molar-refractivity contribution in [3.63, 3.8) is 0 Å². The third-order valence-corrected chi connectivity index (χ3v) is 6.93. The van der Waals surface area contributed by atoms with E-state index in [0.717, 1.165) is 38.9 Å². The van der Waals surface area contributed by atoms with Crippen LogP contribution in [-0.4, -0.2) is 19.6 Å². The molecule has 0 aliphatic carbocycles. The van der Waals surface area contributed by atoms with Gasteiger partial charge in [-0.3, -0.25) is 4.79 Å². The fraction of sp³-hybridized carbons (Fsp3) is 0.160. The molecule has 0 radical (unpaired) electrons. The Morgan fingerprint density at radius 3 is 2.81 bits per heavy atom. The monoisotopic (exact) mass is 449 g/mol. The average molecular weight is 450 g/mol. The van der Waals surface area contributed by atoms with Gasteiger partial charge in [0.05, 0.1) is 19.8 Å². The first-order valence-electron chi connectivity index (χ1n) is 10.0. The van der Waals surface area contributed by atoms with Crippen LogP contribution in [0.15, 0.2) is 66.7 Å². The lowest BCUT2D eigenvalue weighted by atomic mass is 10.0. The molecule has 0 saturated heterocycles. The summed E-state index contributed by atoms with van der Waals surface area (Å²) in [7, 11) is 1.61. The van der Waals surface area contributed by atoms with E-state index < -0.39 is 0 Å². The third kappa shape index (κ3) is 3.64. The molecule has 5 rings (SSSR count). The summed E-state index contributed by atoms with van der Waals surface area (Å²) in [5.74, 6) is 1.28. The molecule has 0 spiro atoms. The first-order valence-corrected chi connectivity index (χ1v) is 11.2. The van der Waals surface area contributed by atoms with E-state index in [9.17, 15) is 4.79 Å². The van der Waals surface area contributed by atoms with Gasteiger partial charge >= 0.3 is 0 Å². The van der Waals surface area contributed by atoms with Gasteiger partial charge in [-0.15, -0.1) is 11.3 Å². The fourth-order valence-corrected chi connectivity index (χ4v) is 5.45. The van der Waals surface area contributed by atoms with E-state index in [1.807, 2.05) is 66.7 Å². The van der Waals surface area contributed by atoms with Crippen molar-refractivity contribution in [2.24, 2.45) is 0 Å². The van der Waals surface area contributed by atoms with Crippen molar-refractivity contribution in [2.45, 2.75) is 12.5 Å². The average Bonchev–Trinajstić information content (AvgIpc) is 3.18. The minimum Gasteiger partial charge on any atom is -0.494 e. The van der Waals surface area contributed by atoms with Gasteiger partial charge in [-0.1, -0.05) is 54.1 Å². The predicted molar refractivity (Wildman–Crippen MR) is 126 cm³/mol. The van der Waals surface area contributed by atoms with Gasteiger partial charge < -0.3 is 14.8 Å². The zero-order chi connectivity index (χ0) is 21.4. The Balaban J connectivity index is 1.55. The highest BCUT2D eigenvalue weighted by molar-refractivity contribution is 7.21. The number of rotatable bonds is 4. The molecule has 0 fully saturated rings. The molecule has 31 heavy (non-hydrogen) atoms. The molecular weight excluding hydrogens is 430 g/mol. The van der Waals surface area contributed by atoms with Crippen molar-refractivity contribution < 1.29 is 14.3 Å². The van der Waals surface area contributed by atoms with Crippen molar-refractivity contribution in [3.05, 3.63) is 82.2 Å². The second-order valence-electron chi connectivity index (χ2n) is 7.36. The Labute approximate surface area is 189 Å². The van der Waals surface area contributed by atoms with Crippen LogP contribution in [0.1, 0.15) is 27.7 Å². The zero-order valence-electron chi connectivity index (χ0n) is 16.9. The van der Waals surface area contributed by atoms with Crippen LogP contribution in [0.3, 0.4) is 0 Å². The molecule has 0 saturated carbocycles. The Morgan fingerprint density at radius 2 is 1.97 bits per heavy atom. The predicted octanol–water partition coefficient (Wildman–Crippen LogP) is 6.48. The van der Waals surface area contributed by atoms with Crippen LogP contribution in [0.4, 0.5) is 0 Å². The molecule has 1 aliphatic heterocycles. The second kappa shape index (κ2) is 8.25. The van der Waals surface area contributed by atoms with Gasteiger partial charge in [0.25, 0.3) is 5.91 Å². The summed E-state index contributed by atoms with van der Waals surface area (Å²) in [6.45, 7) is 0.574. The van der Waals surface area contributed by atoms with Gasteiger partial charge in [0, 0.05) is 27.1 Å². The number of benzene rings is 3. The lowest BCUT2D eigenvalue weighted by molar-refractivity contribution is 0.0926. The maximum atomic E-state index is 13.3. The molecule has 0 unspecified atom stereocenters. The first-order chi connectivity index (χ1) is 15.2. The Bertz CT molecular complexity index is 1280. The number of thiophene rings is 1.